The van der Waals surface area contributed by atoms with E-state index >= 15 is 0 Å². The van der Waals surface area contributed by atoms with E-state index in [1.165, 1.54) is 25.1 Å². The standard InChI is InChI=1S/C11H17NO4S2/c1-3-17(13,14)6-7-18(15,16)10-4-5-11(12)9(2)8-10/h4-5,8H,3,6-7,12H2,1-2H3. The Morgan fingerprint density at radius 3 is 2.22 bits per heavy atom. The zero-order chi connectivity index (χ0) is 14.0. The molecule has 0 unspecified atom stereocenters. The number of aryl methyl sites for hydroxylation is 1. The largest absolute Gasteiger partial charge is 0.399 e. The topological polar surface area (TPSA) is 94.3 Å². The second-order valence-corrected chi connectivity index (χ2v) is 8.66. The third-order valence-corrected chi connectivity index (χ3v) is 6.38. The highest BCUT2D eigenvalue weighted by atomic mass is 32.2. The smallest absolute Gasteiger partial charge is 0.179 e. The number of rotatable bonds is 5. The van der Waals surface area contributed by atoms with Gasteiger partial charge in [-0.05, 0) is 30.7 Å². The molecule has 0 fully saturated rings. The van der Waals surface area contributed by atoms with Crippen LogP contribution >= 0.6 is 0 Å². The van der Waals surface area contributed by atoms with Gasteiger partial charge in [0.05, 0.1) is 16.4 Å². The molecule has 0 saturated carbocycles. The molecule has 1 aromatic carbocycles. The summed E-state index contributed by atoms with van der Waals surface area (Å²) in [4.78, 5) is 0.112. The predicted octanol–water partition coefficient (Wildman–Crippen LogP) is 0.786. The Balaban J connectivity index is 2.97. The quantitative estimate of drug-likeness (QED) is 0.809. The molecule has 7 heteroatoms. The van der Waals surface area contributed by atoms with Gasteiger partial charge in [0.25, 0.3) is 0 Å². The molecular weight excluding hydrogens is 274 g/mol. The molecule has 0 bridgehead atoms. The maximum absolute atomic E-state index is 12.0. The van der Waals surface area contributed by atoms with Crippen LogP contribution in [0.15, 0.2) is 23.1 Å². The van der Waals surface area contributed by atoms with Crippen molar-refractivity contribution in [3.8, 4) is 0 Å². The van der Waals surface area contributed by atoms with Gasteiger partial charge < -0.3 is 5.73 Å². The Morgan fingerprint density at radius 1 is 1.11 bits per heavy atom. The molecule has 1 rings (SSSR count). The lowest BCUT2D eigenvalue weighted by atomic mass is 10.2. The van der Waals surface area contributed by atoms with Crippen molar-refractivity contribution in [1.29, 1.82) is 0 Å². The monoisotopic (exact) mass is 291 g/mol. The van der Waals surface area contributed by atoms with Gasteiger partial charge in [0.2, 0.25) is 0 Å². The van der Waals surface area contributed by atoms with Gasteiger partial charge >= 0.3 is 0 Å². The molecule has 1 aromatic rings. The highest BCUT2D eigenvalue weighted by Gasteiger charge is 2.19. The van der Waals surface area contributed by atoms with E-state index in [0.717, 1.165) is 0 Å². The van der Waals surface area contributed by atoms with Crippen molar-refractivity contribution in [2.45, 2.75) is 18.7 Å². The molecule has 0 aliphatic carbocycles. The van der Waals surface area contributed by atoms with E-state index in [0.29, 0.717) is 11.3 Å². The van der Waals surface area contributed by atoms with E-state index in [4.69, 9.17) is 5.73 Å². The van der Waals surface area contributed by atoms with Crippen LogP contribution < -0.4 is 5.73 Å². The van der Waals surface area contributed by atoms with Crippen molar-refractivity contribution in [2.75, 3.05) is 23.0 Å². The molecular formula is C11H17NO4S2. The summed E-state index contributed by atoms with van der Waals surface area (Å²) in [6, 6.07) is 4.37. The van der Waals surface area contributed by atoms with Crippen molar-refractivity contribution in [2.24, 2.45) is 0 Å². The van der Waals surface area contributed by atoms with E-state index in [-0.39, 0.29) is 16.4 Å². The van der Waals surface area contributed by atoms with Crippen LogP contribution in [0.1, 0.15) is 12.5 Å². The zero-order valence-electron chi connectivity index (χ0n) is 10.4. The molecule has 0 heterocycles. The van der Waals surface area contributed by atoms with Gasteiger partial charge in [-0.2, -0.15) is 0 Å². The van der Waals surface area contributed by atoms with Crippen LogP contribution in [0.5, 0.6) is 0 Å². The number of nitrogens with two attached hydrogens (primary N) is 1. The fourth-order valence-electron chi connectivity index (χ4n) is 1.34. The van der Waals surface area contributed by atoms with Gasteiger partial charge in [0.1, 0.15) is 0 Å². The normalized spacial score (nSPS) is 12.6. The van der Waals surface area contributed by atoms with Crippen LogP contribution in [-0.4, -0.2) is 34.1 Å². The number of hydrogen-bond donors (Lipinski definition) is 1. The Kier molecular flexibility index (Phi) is 4.39. The third-order valence-electron chi connectivity index (χ3n) is 2.70. The first-order valence-corrected chi connectivity index (χ1v) is 8.94. The molecule has 0 aliphatic heterocycles. The van der Waals surface area contributed by atoms with Crippen molar-refractivity contribution >= 4 is 25.4 Å². The molecule has 0 aromatic heterocycles. The van der Waals surface area contributed by atoms with Crippen LogP contribution in [0.25, 0.3) is 0 Å². The summed E-state index contributed by atoms with van der Waals surface area (Å²) < 4.78 is 46.5. The lowest BCUT2D eigenvalue weighted by Crippen LogP contribution is -2.18. The molecule has 0 saturated heterocycles. The van der Waals surface area contributed by atoms with E-state index in [1.54, 1.807) is 6.92 Å². The second kappa shape index (κ2) is 5.27. The summed E-state index contributed by atoms with van der Waals surface area (Å²) in [5.41, 5.74) is 6.78. The number of anilines is 1. The van der Waals surface area contributed by atoms with Gasteiger partial charge in [0.15, 0.2) is 19.7 Å². The van der Waals surface area contributed by atoms with Gasteiger partial charge in [-0.25, -0.2) is 16.8 Å². The Hall–Kier alpha value is -1.08. The SMILES string of the molecule is CCS(=O)(=O)CCS(=O)(=O)c1ccc(N)c(C)c1. The van der Waals surface area contributed by atoms with E-state index in [1.807, 2.05) is 0 Å². The number of hydrogen-bond acceptors (Lipinski definition) is 5. The van der Waals surface area contributed by atoms with E-state index in [9.17, 15) is 16.8 Å². The fraction of sp³-hybridized carbons (Fsp3) is 0.455. The maximum atomic E-state index is 12.0. The highest BCUT2D eigenvalue weighted by Crippen LogP contribution is 2.18. The molecule has 2 N–H and O–H groups in total. The molecule has 0 radical (unpaired) electrons. The molecule has 0 amide bonds. The molecule has 0 atom stereocenters. The average Bonchev–Trinajstić information content (AvgIpc) is 2.30. The predicted molar refractivity (Wildman–Crippen MR) is 72.0 cm³/mol. The maximum Gasteiger partial charge on any atom is 0.179 e. The van der Waals surface area contributed by atoms with Crippen LogP contribution in [0.3, 0.4) is 0 Å². The summed E-state index contributed by atoms with van der Waals surface area (Å²) >= 11 is 0. The lowest BCUT2D eigenvalue weighted by molar-refractivity contribution is 0.588. The summed E-state index contributed by atoms with van der Waals surface area (Å²) in [7, 11) is -6.86. The van der Waals surface area contributed by atoms with Crippen molar-refractivity contribution in [3.63, 3.8) is 0 Å². The Bertz CT molecular complexity index is 633. The molecule has 5 nitrogen and oxygen atoms in total. The minimum absolute atomic E-state index is 0.0523. The fourth-order valence-corrected chi connectivity index (χ4v) is 4.39. The molecule has 0 spiro atoms. The number of sulfone groups is 2. The van der Waals surface area contributed by atoms with Crippen LogP contribution in [-0.2, 0) is 19.7 Å². The average molecular weight is 291 g/mol. The minimum Gasteiger partial charge on any atom is -0.399 e. The molecule has 18 heavy (non-hydrogen) atoms. The lowest BCUT2D eigenvalue weighted by Gasteiger charge is -2.07. The Morgan fingerprint density at radius 2 is 1.72 bits per heavy atom. The highest BCUT2D eigenvalue weighted by molar-refractivity contribution is 7.95. The first kappa shape index (κ1) is 15.0. The van der Waals surface area contributed by atoms with Crippen molar-refractivity contribution in [3.05, 3.63) is 23.8 Å². The van der Waals surface area contributed by atoms with E-state index in [2.05, 4.69) is 0 Å². The third kappa shape index (κ3) is 3.71. The summed E-state index contributed by atoms with van der Waals surface area (Å²) in [5, 5.41) is 0. The van der Waals surface area contributed by atoms with Crippen molar-refractivity contribution in [1.82, 2.24) is 0 Å². The molecule has 0 aliphatic rings. The minimum atomic E-state index is -3.58. The van der Waals surface area contributed by atoms with Crippen LogP contribution in [0, 0.1) is 6.92 Å². The first-order chi connectivity index (χ1) is 8.18. The van der Waals surface area contributed by atoms with Crippen LogP contribution in [0.4, 0.5) is 5.69 Å². The summed E-state index contributed by atoms with van der Waals surface area (Å²) in [6.07, 6.45) is 0. The number of benzene rings is 1. The van der Waals surface area contributed by atoms with Gasteiger partial charge in [-0.15, -0.1) is 0 Å². The Labute approximate surface area is 108 Å². The van der Waals surface area contributed by atoms with E-state index < -0.39 is 25.4 Å². The second-order valence-electron chi connectivity index (χ2n) is 4.07. The summed E-state index contributed by atoms with van der Waals surface area (Å²) in [6.45, 7) is 3.20. The summed E-state index contributed by atoms with van der Waals surface area (Å²) in [5.74, 6) is -0.801. The van der Waals surface area contributed by atoms with Gasteiger partial charge in [0, 0.05) is 11.4 Å². The number of nitrogen functional groups attached to an aromatic ring is 1. The van der Waals surface area contributed by atoms with Crippen LogP contribution in [0.2, 0.25) is 0 Å². The molecule has 102 valence electrons. The first-order valence-electron chi connectivity index (χ1n) is 5.47. The zero-order valence-corrected chi connectivity index (χ0v) is 12.0. The van der Waals surface area contributed by atoms with Gasteiger partial charge in [-0.3, -0.25) is 0 Å². The van der Waals surface area contributed by atoms with Gasteiger partial charge in [-0.1, -0.05) is 6.92 Å². The van der Waals surface area contributed by atoms with Crippen molar-refractivity contribution < 1.29 is 16.8 Å².